The van der Waals surface area contributed by atoms with Gasteiger partial charge in [-0.2, -0.15) is 0 Å². The molecule has 3 heteroatoms. The van der Waals surface area contributed by atoms with E-state index in [9.17, 15) is 4.39 Å². The van der Waals surface area contributed by atoms with E-state index in [1.54, 1.807) is 13.0 Å². The Hall–Kier alpha value is -0.930. The third-order valence-electron chi connectivity index (χ3n) is 4.05. The Kier molecular flexibility index (Phi) is 4.94. The van der Waals surface area contributed by atoms with Crippen molar-refractivity contribution in [3.05, 3.63) is 35.1 Å². The van der Waals surface area contributed by atoms with Gasteiger partial charge in [-0.1, -0.05) is 12.1 Å². The number of nitrogens with one attached hydrogen (secondary N) is 1. The van der Waals surface area contributed by atoms with Crippen molar-refractivity contribution in [1.29, 1.82) is 0 Å². The van der Waals surface area contributed by atoms with Gasteiger partial charge in [0.1, 0.15) is 5.82 Å². The number of hydrogen-bond acceptors (Lipinski definition) is 2. The summed E-state index contributed by atoms with van der Waals surface area (Å²) in [6, 6.07) is 6.14. The summed E-state index contributed by atoms with van der Waals surface area (Å²) in [4.78, 5) is 2.53. The summed E-state index contributed by atoms with van der Waals surface area (Å²) in [5, 5.41) is 3.46. The Morgan fingerprint density at radius 3 is 2.84 bits per heavy atom. The Morgan fingerprint density at radius 1 is 1.42 bits per heavy atom. The van der Waals surface area contributed by atoms with Crippen LogP contribution in [0.1, 0.15) is 31.4 Å². The van der Waals surface area contributed by atoms with Crippen LogP contribution < -0.4 is 5.32 Å². The second kappa shape index (κ2) is 6.49. The lowest BCUT2D eigenvalue weighted by atomic mass is 10.1. The van der Waals surface area contributed by atoms with Gasteiger partial charge in [0.2, 0.25) is 0 Å². The molecule has 0 aromatic heterocycles. The summed E-state index contributed by atoms with van der Waals surface area (Å²) in [6.45, 7) is 10.5. The summed E-state index contributed by atoms with van der Waals surface area (Å²) >= 11 is 0. The third kappa shape index (κ3) is 4.02. The van der Waals surface area contributed by atoms with E-state index in [4.69, 9.17) is 0 Å². The summed E-state index contributed by atoms with van der Waals surface area (Å²) in [5.41, 5.74) is 1.74. The van der Waals surface area contributed by atoms with Crippen molar-refractivity contribution in [2.45, 2.75) is 39.8 Å². The second-order valence-electron chi connectivity index (χ2n) is 5.96. The maximum Gasteiger partial charge on any atom is 0.126 e. The van der Waals surface area contributed by atoms with Crippen LogP contribution >= 0.6 is 0 Å². The van der Waals surface area contributed by atoms with Crippen molar-refractivity contribution in [3.63, 3.8) is 0 Å². The molecule has 1 atom stereocenters. The lowest BCUT2D eigenvalue weighted by Crippen LogP contribution is -2.30. The van der Waals surface area contributed by atoms with Crippen LogP contribution in [0.2, 0.25) is 0 Å². The zero-order valence-electron chi connectivity index (χ0n) is 12.2. The van der Waals surface area contributed by atoms with E-state index in [0.29, 0.717) is 11.6 Å². The summed E-state index contributed by atoms with van der Waals surface area (Å²) in [5.74, 6) is 0.629. The third-order valence-corrected chi connectivity index (χ3v) is 4.05. The van der Waals surface area contributed by atoms with E-state index < -0.39 is 0 Å². The van der Waals surface area contributed by atoms with Crippen LogP contribution in [-0.2, 0) is 6.54 Å². The van der Waals surface area contributed by atoms with Crippen LogP contribution in [-0.4, -0.2) is 30.6 Å². The fourth-order valence-corrected chi connectivity index (χ4v) is 2.67. The minimum atomic E-state index is -0.105. The number of hydrogen-bond donors (Lipinski definition) is 1. The first-order valence-corrected chi connectivity index (χ1v) is 7.26. The fraction of sp³-hybridized carbons (Fsp3) is 0.625. The molecule has 1 heterocycles. The van der Waals surface area contributed by atoms with E-state index >= 15 is 0 Å². The molecule has 1 aliphatic rings. The number of likely N-dealkylation sites (tertiary alicyclic amines) is 1. The van der Waals surface area contributed by atoms with Crippen LogP contribution in [0.3, 0.4) is 0 Å². The molecule has 1 aromatic carbocycles. The van der Waals surface area contributed by atoms with Gasteiger partial charge in [-0.15, -0.1) is 0 Å². The Bertz CT molecular complexity index is 417. The number of benzene rings is 1. The van der Waals surface area contributed by atoms with E-state index in [-0.39, 0.29) is 5.82 Å². The van der Waals surface area contributed by atoms with E-state index in [1.807, 2.05) is 12.1 Å². The highest BCUT2D eigenvalue weighted by Gasteiger charge is 2.23. The monoisotopic (exact) mass is 264 g/mol. The molecule has 0 radical (unpaired) electrons. The standard InChI is InChI=1S/C16H25FN2/c1-12(2)19-7-6-15(11-19)10-18-9-14-5-4-13(3)16(17)8-14/h4-5,8,12,15,18H,6-7,9-11H2,1-3H3. The average Bonchev–Trinajstić information content (AvgIpc) is 2.83. The Labute approximate surface area is 116 Å². The lowest BCUT2D eigenvalue weighted by Gasteiger charge is -2.20. The molecule has 1 N–H and O–H groups in total. The highest BCUT2D eigenvalue weighted by molar-refractivity contribution is 5.23. The van der Waals surface area contributed by atoms with Crippen molar-refractivity contribution in [2.24, 2.45) is 5.92 Å². The normalized spacial score (nSPS) is 20.4. The van der Waals surface area contributed by atoms with Crippen LogP contribution in [0.25, 0.3) is 0 Å². The van der Waals surface area contributed by atoms with Gasteiger partial charge in [-0.05, 0) is 63.4 Å². The Balaban J connectivity index is 1.73. The minimum absolute atomic E-state index is 0.105. The number of halogens is 1. The van der Waals surface area contributed by atoms with Gasteiger partial charge in [-0.25, -0.2) is 4.39 Å². The van der Waals surface area contributed by atoms with Crippen LogP contribution in [0.4, 0.5) is 4.39 Å². The maximum atomic E-state index is 13.4. The summed E-state index contributed by atoms with van der Waals surface area (Å²) in [6.07, 6.45) is 1.27. The van der Waals surface area contributed by atoms with Gasteiger partial charge in [0.15, 0.2) is 0 Å². The van der Waals surface area contributed by atoms with Gasteiger partial charge < -0.3 is 10.2 Å². The van der Waals surface area contributed by atoms with Crippen molar-refractivity contribution in [2.75, 3.05) is 19.6 Å². The SMILES string of the molecule is Cc1ccc(CNCC2CCN(C(C)C)C2)cc1F. The molecule has 0 aliphatic carbocycles. The molecule has 1 aromatic rings. The predicted molar refractivity (Wildman–Crippen MR) is 77.7 cm³/mol. The predicted octanol–water partition coefficient (Wildman–Crippen LogP) is 2.95. The molecular weight excluding hydrogens is 239 g/mol. The first kappa shape index (κ1) is 14.5. The second-order valence-corrected chi connectivity index (χ2v) is 5.96. The molecule has 106 valence electrons. The maximum absolute atomic E-state index is 13.4. The molecule has 2 rings (SSSR count). The highest BCUT2D eigenvalue weighted by Crippen LogP contribution is 2.17. The van der Waals surface area contributed by atoms with Gasteiger partial charge in [0.25, 0.3) is 0 Å². The van der Waals surface area contributed by atoms with Gasteiger partial charge in [-0.3, -0.25) is 0 Å². The van der Waals surface area contributed by atoms with Gasteiger partial charge in [0.05, 0.1) is 0 Å². The molecule has 19 heavy (non-hydrogen) atoms. The van der Waals surface area contributed by atoms with Crippen molar-refractivity contribution < 1.29 is 4.39 Å². The van der Waals surface area contributed by atoms with Crippen molar-refractivity contribution >= 4 is 0 Å². The quantitative estimate of drug-likeness (QED) is 0.879. The van der Waals surface area contributed by atoms with E-state index in [2.05, 4.69) is 24.1 Å². The van der Waals surface area contributed by atoms with Gasteiger partial charge in [0, 0.05) is 19.1 Å². The molecule has 1 saturated heterocycles. The molecule has 1 fully saturated rings. The van der Waals surface area contributed by atoms with Crippen molar-refractivity contribution in [1.82, 2.24) is 10.2 Å². The summed E-state index contributed by atoms with van der Waals surface area (Å²) < 4.78 is 13.4. The largest absolute Gasteiger partial charge is 0.312 e. The van der Waals surface area contributed by atoms with Crippen LogP contribution in [0, 0.1) is 18.7 Å². The first-order chi connectivity index (χ1) is 9.06. The molecule has 0 spiro atoms. The smallest absolute Gasteiger partial charge is 0.126 e. The van der Waals surface area contributed by atoms with E-state index in [1.165, 1.54) is 19.5 Å². The first-order valence-electron chi connectivity index (χ1n) is 7.26. The molecule has 0 saturated carbocycles. The zero-order chi connectivity index (χ0) is 13.8. The van der Waals surface area contributed by atoms with E-state index in [0.717, 1.165) is 24.6 Å². The highest BCUT2D eigenvalue weighted by atomic mass is 19.1. The molecule has 0 bridgehead atoms. The molecule has 0 amide bonds. The number of nitrogens with zero attached hydrogens (tertiary/aromatic N) is 1. The molecule has 1 aliphatic heterocycles. The average molecular weight is 264 g/mol. The molecule has 2 nitrogen and oxygen atoms in total. The molecule has 1 unspecified atom stereocenters. The Morgan fingerprint density at radius 2 is 2.21 bits per heavy atom. The van der Waals surface area contributed by atoms with Crippen LogP contribution in [0.15, 0.2) is 18.2 Å². The minimum Gasteiger partial charge on any atom is -0.312 e. The topological polar surface area (TPSA) is 15.3 Å². The molecular formula is C16H25FN2. The fourth-order valence-electron chi connectivity index (χ4n) is 2.67. The summed E-state index contributed by atoms with van der Waals surface area (Å²) in [7, 11) is 0. The van der Waals surface area contributed by atoms with Gasteiger partial charge >= 0.3 is 0 Å². The lowest BCUT2D eigenvalue weighted by molar-refractivity contribution is 0.264. The zero-order valence-corrected chi connectivity index (χ0v) is 12.2. The number of rotatable bonds is 5. The number of aryl methyl sites for hydroxylation is 1. The van der Waals surface area contributed by atoms with Crippen LogP contribution in [0.5, 0.6) is 0 Å². The van der Waals surface area contributed by atoms with Crippen molar-refractivity contribution in [3.8, 4) is 0 Å².